The lowest BCUT2D eigenvalue weighted by Crippen LogP contribution is -2.58. The van der Waals surface area contributed by atoms with Gasteiger partial charge in [-0.25, -0.2) is 0 Å². The standard InChI is InChI=1S/C27H41N3O5/c1-5-15-28(4)23(32)20-21-24(33)30(17-10-18-31)22(27(21)14-13-26(20,3)35-27)25(34)29(16-6-2)19-11-8-7-9-12-19/h5-6,19-22,31H,1-2,7-18H2,3-4H3/t20-,21+,22?,26+,27?/m1/s1. The van der Waals surface area contributed by atoms with Crippen LogP contribution in [0, 0.1) is 11.8 Å². The Hall–Kier alpha value is -2.19. The van der Waals surface area contributed by atoms with E-state index in [1.165, 1.54) is 6.42 Å². The van der Waals surface area contributed by atoms with Crippen LogP contribution in [0.4, 0.5) is 0 Å². The van der Waals surface area contributed by atoms with E-state index in [9.17, 15) is 19.5 Å². The SMILES string of the molecule is C=CCN(C)C(=O)[C@H]1[C@H]2C(=O)N(CCCO)C(C(=O)N(CC=C)C3CCCCC3)C23CC[C@]1(C)O3. The summed E-state index contributed by atoms with van der Waals surface area (Å²) in [5.41, 5.74) is -1.82. The van der Waals surface area contributed by atoms with Gasteiger partial charge in [-0.05, 0) is 39.0 Å². The van der Waals surface area contributed by atoms with E-state index in [-0.39, 0.29) is 36.9 Å². The van der Waals surface area contributed by atoms with E-state index < -0.39 is 29.1 Å². The molecule has 0 aromatic carbocycles. The van der Waals surface area contributed by atoms with Gasteiger partial charge in [-0.2, -0.15) is 0 Å². The number of aliphatic hydroxyl groups excluding tert-OH is 1. The molecule has 1 aliphatic carbocycles. The van der Waals surface area contributed by atoms with Gasteiger partial charge in [0, 0.05) is 39.3 Å². The van der Waals surface area contributed by atoms with Gasteiger partial charge in [-0.15, -0.1) is 13.2 Å². The first-order valence-corrected chi connectivity index (χ1v) is 13.1. The Balaban J connectivity index is 1.74. The number of likely N-dealkylation sites (tertiary alicyclic amines) is 1. The number of aliphatic hydroxyl groups is 1. The van der Waals surface area contributed by atoms with Crippen molar-refractivity contribution in [3.05, 3.63) is 25.3 Å². The second-order valence-electron chi connectivity index (χ2n) is 10.9. The lowest BCUT2D eigenvalue weighted by Gasteiger charge is -2.40. The van der Waals surface area contributed by atoms with Gasteiger partial charge in [0.1, 0.15) is 11.6 Å². The average Bonchev–Trinajstić information content (AvgIpc) is 3.41. The summed E-state index contributed by atoms with van der Waals surface area (Å²) in [6, 6.07) is -0.678. The predicted molar refractivity (Wildman–Crippen MR) is 132 cm³/mol. The smallest absolute Gasteiger partial charge is 0.248 e. The summed E-state index contributed by atoms with van der Waals surface area (Å²) in [6.45, 7) is 10.5. The van der Waals surface area contributed by atoms with Gasteiger partial charge in [-0.1, -0.05) is 31.4 Å². The van der Waals surface area contributed by atoms with Crippen molar-refractivity contribution in [2.75, 3.05) is 33.3 Å². The molecule has 4 aliphatic rings. The molecule has 0 radical (unpaired) electrons. The molecule has 0 aromatic rings. The van der Waals surface area contributed by atoms with Crippen LogP contribution in [0.1, 0.15) is 58.3 Å². The zero-order valence-electron chi connectivity index (χ0n) is 21.3. The molecular weight excluding hydrogens is 446 g/mol. The first-order valence-electron chi connectivity index (χ1n) is 13.1. The summed E-state index contributed by atoms with van der Waals surface area (Å²) in [6.07, 6.45) is 10.2. The Morgan fingerprint density at radius 2 is 1.83 bits per heavy atom. The third-order valence-corrected chi connectivity index (χ3v) is 8.74. The number of rotatable bonds is 10. The molecule has 4 rings (SSSR count). The molecular formula is C27H41N3O5. The maximum absolute atomic E-state index is 14.3. The molecule has 8 heteroatoms. The first-order chi connectivity index (χ1) is 16.8. The minimum absolute atomic E-state index is 0.0790. The van der Waals surface area contributed by atoms with Gasteiger partial charge < -0.3 is 24.5 Å². The number of fused-ring (bicyclic) bond motifs is 1. The van der Waals surface area contributed by atoms with Gasteiger partial charge in [0.15, 0.2) is 0 Å². The molecule has 5 atom stereocenters. The molecule has 1 saturated carbocycles. The fourth-order valence-electron chi connectivity index (χ4n) is 7.19. The molecule has 3 aliphatic heterocycles. The molecule has 3 saturated heterocycles. The van der Waals surface area contributed by atoms with Gasteiger partial charge in [0.05, 0.1) is 17.4 Å². The minimum Gasteiger partial charge on any atom is -0.396 e. The molecule has 3 heterocycles. The van der Waals surface area contributed by atoms with Crippen molar-refractivity contribution in [1.82, 2.24) is 14.7 Å². The highest BCUT2D eigenvalue weighted by Crippen LogP contribution is 2.63. The third-order valence-electron chi connectivity index (χ3n) is 8.74. The number of hydrogen-bond donors (Lipinski definition) is 1. The zero-order chi connectivity index (χ0) is 25.4. The fraction of sp³-hybridized carbons (Fsp3) is 0.741. The number of likely N-dealkylation sites (N-methyl/N-ethyl adjacent to an activating group) is 1. The van der Waals surface area contributed by atoms with Crippen LogP contribution in [0.25, 0.3) is 0 Å². The van der Waals surface area contributed by atoms with E-state index in [0.717, 1.165) is 25.7 Å². The molecule has 3 amide bonds. The van der Waals surface area contributed by atoms with Crippen molar-refractivity contribution in [1.29, 1.82) is 0 Å². The third kappa shape index (κ3) is 4.12. The van der Waals surface area contributed by atoms with Crippen LogP contribution in [0.15, 0.2) is 25.3 Å². The molecule has 8 nitrogen and oxygen atoms in total. The van der Waals surface area contributed by atoms with E-state index >= 15 is 0 Å². The van der Waals surface area contributed by atoms with Crippen molar-refractivity contribution in [3.8, 4) is 0 Å². The van der Waals surface area contributed by atoms with Crippen LogP contribution in [0.2, 0.25) is 0 Å². The lowest BCUT2D eigenvalue weighted by molar-refractivity contribution is -0.154. The number of carbonyl (C=O) groups is 3. The molecule has 1 N–H and O–H groups in total. The summed E-state index contributed by atoms with van der Waals surface area (Å²) in [5, 5.41) is 9.53. The van der Waals surface area contributed by atoms with Gasteiger partial charge in [0.25, 0.3) is 0 Å². The van der Waals surface area contributed by atoms with Crippen LogP contribution in [-0.2, 0) is 19.1 Å². The number of hydrogen-bond acceptors (Lipinski definition) is 5. The van der Waals surface area contributed by atoms with Crippen molar-refractivity contribution in [2.45, 2.75) is 81.6 Å². The van der Waals surface area contributed by atoms with E-state index in [1.54, 1.807) is 29.0 Å². The predicted octanol–water partition coefficient (Wildman–Crippen LogP) is 2.13. The average molecular weight is 488 g/mol. The van der Waals surface area contributed by atoms with Crippen molar-refractivity contribution in [3.63, 3.8) is 0 Å². The van der Waals surface area contributed by atoms with Crippen LogP contribution in [-0.4, -0.2) is 94.1 Å². The molecule has 4 fully saturated rings. The van der Waals surface area contributed by atoms with E-state index in [2.05, 4.69) is 13.2 Å². The normalized spacial score (nSPS) is 34.1. The van der Waals surface area contributed by atoms with Crippen molar-refractivity contribution < 1.29 is 24.2 Å². The fourth-order valence-corrected chi connectivity index (χ4v) is 7.19. The number of carbonyl (C=O) groups excluding carboxylic acids is 3. The van der Waals surface area contributed by atoms with Crippen molar-refractivity contribution in [2.24, 2.45) is 11.8 Å². The second kappa shape index (κ2) is 10.1. The molecule has 0 aromatic heterocycles. The summed E-state index contributed by atoms with van der Waals surface area (Å²) in [5.74, 6) is -1.80. The van der Waals surface area contributed by atoms with Crippen LogP contribution in [0.5, 0.6) is 0 Å². The maximum atomic E-state index is 14.3. The molecule has 194 valence electrons. The Morgan fingerprint density at radius 3 is 2.46 bits per heavy atom. The van der Waals surface area contributed by atoms with E-state index in [0.29, 0.717) is 32.4 Å². The molecule has 35 heavy (non-hydrogen) atoms. The summed E-state index contributed by atoms with van der Waals surface area (Å²) >= 11 is 0. The van der Waals surface area contributed by atoms with Crippen LogP contribution >= 0.6 is 0 Å². The highest BCUT2D eigenvalue weighted by Gasteiger charge is 2.78. The van der Waals surface area contributed by atoms with E-state index in [1.807, 2.05) is 11.8 Å². The Kier molecular flexibility index (Phi) is 7.44. The Morgan fingerprint density at radius 1 is 1.14 bits per heavy atom. The Labute approximate surface area is 208 Å². The quantitative estimate of drug-likeness (QED) is 0.477. The first kappa shape index (κ1) is 25.9. The zero-order valence-corrected chi connectivity index (χ0v) is 21.3. The number of amides is 3. The minimum atomic E-state index is -1.03. The topological polar surface area (TPSA) is 90.4 Å². The lowest BCUT2D eigenvalue weighted by atomic mass is 9.66. The largest absolute Gasteiger partial charge is 0.396 e. The van der Waals surface area contributed by atoms with Crippen molar-refractivity contribution >= 4 is 17.7 Å². The monoisotopic (exact) mass is 487 g/mol. The number of nitrogens with zero attached hydrogens (tertiary/aromatic N) is 3. The van der Waals surface area contributed by atoms with E-state index in [4.69, 9.17) is 4.74 Å². The summed E-state index contributed by atoms with van der Waals surface area (Å²) in [4.78, 5) is 47.0. The van der Waals surface area contributed by atoms with Crippen LogP contribution in [0.3, 0.4) is 0 Å². The summed E-state index contributed by atoms with van der Waals surface area (Å²) in [7, 11) is 1.71. The number of ether oxygens (including phenoxy) is 1. The molecule has 1 spiro atoms. The summed E-state index contributed by atoms with van der Waals surface area (Å²) < 4.78 is 6.69. The highest BCUT2D eigenvalue weighted by atomic mass is 16.5. The maximum Gasteiger partial charge on any atom is 0.248 e. The van der Waals surface area contributed by atoms with Gasteiger partial charge in [-0.3, -0.25) is 14.4 Å². The van der Waals surface area contributed by atoms with Gasteiger partial charge >= 0.3 is 0 Å². The Bertz CT molecular complexity index is 871. The van der Waals surface area contributed by atoms with Crippen LogP contribution < -0.4 is 0 Å². The molecule has 2 bridgehead atoms. The second-order valence-corrected chi connectivity index (χ2v) is 10.9. The van der Waals surface area contributed by atoms with Gasteiger partial charge in [0.2, 0.25) is 17.7 Å². The highest BCUT2D eigenvalue weighted by molar-refractivity contribution is 5.99. The molecule has 2 unspecified atom stereocenters.